The van der Waals surface area contributed by atoms with E-state index in [0.717, 1.165) is 5.06 Å². The average molecular weight is 556 g/mol. The molecule has 1 aromatic carbocycles. The van der Waals surface area contributed by atoms with Crippen LogP contribution in [-0.4, -0.2) is 128 Å². The summed E-state index contributed by atoms with van der Waals surface area (Å²) in [6, 6.07) is 6.49. The molecule has 0 aliphatic carbocycles. The fourth-order valence-electron chi connectivity index (χ4n) is 5.39. The molecule has 10 atom stereocenters. The van der Waals surface area contributed by atoms with Crippen LogP contribution in [-0.2, 0) is 47.5 Å². The van der Waals surface area contributed by atoms with E-state index in [4.69, 9.17) is 47.5 Å². The van der Waals surface area contributed by atoms with Crippen LogP contribution in [0.1, 0.15) is 27.6 Å². The highest BCUT2D eigenvalue weighted by molar-refractivity contribution is 6.20. The Hall–Kier alpha value is -2.04. The van der Waals surface area contributed by atoms with Crippen LogP contribution in [0.5, 0.6) is 0 Å². The minimum atomic E-state index is -0.925. The van der Waals surface area contributed by atoms with Crippen molar-refractivity contribution < 1.29 is 57.1 Å². The lowest BCUT2D eigenvalue weighted by molar-refractivity contribution is -0.365. The minimum absolute atomic E-state index is 0.249. The lowest BCUT2D eigenvalue weighted by Crippen LogP contribution is -2.65. The molecule has 39 heavy (non-hydrogen) atoms. The predicted molar refractivity (Wildman–Crippen MR) is 132 cm³/mol. The number of fused-ring (bicyclic) bond motifs is 1. The second-order valence-electron chi connectivity index (χ2n) is 9.34. The number of amides is 2. The lowest BCUT2D eigenvalue weighted by atomic mass is 9.96. The van der Waals surface area contributed by atoms with E-state index in [-0.39, 0.29) is 17.7 Å². The van der Waals surface area contributed by atoms with Gasteiger partial charge in [-0.1, -0.05) is 12.1 Å². The largest absolute Gasteiger partial charge is 0.376 e. The zero-order chi connectivity index (χ0) is 28.3. The van der Waals surface area contributed by atoms with E-state index in [1.54, 1.807) is 38.5 Å². The maximum absolute atomic E-state index is 12.8. The van der Waals surface area contributed by atoms with E-state index < -0.39 is 73.2 Å². The van der Waals surface area contributed by atoms with Gasteiger partial charge in [-0.15, -0.1) is 5.06 Å². The lowest BCUT2D eigenvalue weighted by Gasteiger charge is -2.48. The third-order valence-electron chi connectivity index (χ3n) is 7.33. The molecule has 2 fully saturated rings. The number of carbonyl (C=O) groups excluding carboxylic acids is 2. The molecule has 0 saturated carbocycles. The molecular weight excluding hydrogens is 518 g/mol. The second kappa shape index (κ2) is 13.1. The van der Waals surface area contributed by atoms with Crippen molar-refractivity contribution >= 4 is 11.8 Å². The van der Waals surface area contributed by atoms with Gasteiger partial charge in [0, 0.05) is 42.7 Å². The van der Waals surface area contributed by atoms with E-state index >= 15 is 0 Å². The van der Waals surface area contributed by atoms with Crippen LogP contribution >= 0.6 is 0 Å². The zero-order valence-electron chi connectivity index (χ0n) is 23.1. The fraction of sp³-hybridized carbons (Fsp3) is 0.692. The van der Waals surface area contributed by atoms with Crippen molar-refractivity contribution in [3.63, 3.8) is 0 Å². The summed E-state index contributed by atoms with van der Waals surface area (Å²) in [6.07, 6.45) is -6.92. The standard InChI is InChI=1S/C26H37NO12/c1-13-17(30-2)19(31-3)22(34-6)26(37-13)39-18-16(38-25(35-7)21(33-5)20(18)32-4)12-36-27-23(28)14-10-8-9-11-15(14)24(27)29/h8-11,13,16-22,25-26H,12H2,1-7H3/t13-,16-,17+,18-,19+,20+,21-,22+,25+,26-/m1/s1. The number of ether oxygens (including phenoxy) is 9. The summed E-state index contributed by atoms with van der Waals surface area (Å²) in [6.45, 7) is 1.59. The molecule has 3 aliphatic heterocycles. The summed E-state index contributed by atoms with van der Waals surface area (Å²) in [5, 5.41) is 0.721. The second-order valence-corrected chi connectivity index (χ2v) is 9.34. The van der Waals surface area contributed by atoms with Crippen molar-refractivity contribution in [3.8, 4) is 0 Å². The first-order chi connectivity index (χ1) is 18.8. The summed E-state index contributed by atoms with van der Waals surface area (Å²) in [5.41, 5.74) is 0.518. The topological polar surface area (TPSA) is 130 Å². The Kier molecular flexibility index (Phi) is 10.0. The number of hydroxylamine groups is 2. The Bertz CT molecular complexity index is 958. The number of hydrogen-bond donors (Lipinski definition) is 0. The van der Waals surface area contributed by atoms with E-state index in [2.05, 4.69) is 0 Å². The molecule has 4 rings (SSSR count). The Morgan fingerprint density at radius 2 is 1.18 bits per heavy atom. The van der Waals surface area contributed by atoms with Gasteiger partial charge in [-0.05, 0) is 19.1 Å². The third-order valence-corrected chi connectivity index (χ3v) is 7.33. The van der Waals surface area contributed by atoms with Gasteiger partial charge in [0.1, 0.15) is 49.3 Å². The Morgan fingerprint density at radius 3 is 1.69 bits per heavy atom. The van der Waals surface area contributed by atoms with Crippen LogP contribution < -0.4 is 0 Å². The van der Waals surface area contributed by atoms with Crippen molar-refractivity contribution in [3.05, 3.63) is 35.4 Å². The molecule has 3 aliphatic rings. The molecular formula is C26H37NO12. The first-order valence-electron chi connectivity index (χ1n) is 12.6. The molecule has 0 unspecified atom stereocenters. The SMILES string of the molecule is CO[C@H]1O[C@H](CON2C(=O)c3ccccc3C2=O)[C@@H](O[C@H]2O[C@H](C)[C@H](OC)[C@H](OC)[C@@H]2OC)[C@H](OC)[C@H]1OC. The summed E-state index contributed by atoms with van der Waals surface area (Å²) in [7, 11) is 9.12. The van der Waals surface area contributed by atoms with Gasteiger partial charge in [0.2, 0.25) is 0 Å². The Balaban J connectivity index is 1.58. The van der Waals surface area contributed by atoms with Crippen LogP contribution in [0.15, 0.2) is 24.3 Å². The predicted octanol–water partition coefficient (Wildman–Crippen LogP) is 0.791. The molecule has 3 heterocycles. The van der Waals surface area contributed by atoms with Crippen LogP contribution in [0.4, 0.5) is 0 Å². The van der Waals surface area contributed by atoms with E-state index in [1.807, 2.05) is 6.92 Å². The van der Waals surface area contributed by atoms with Crippen LogP contribution in [0, 0.1) is 0 Å². The van der Waals surface area contributed by atoms with Gasteiger partial charge in [-0.3, -0.25) is 14.4 Å². The molecule has 13 nitrogen and oxygen atoms in total. The molecule has 13 heteroatoms. The third kappa shape index (κ3) is 5.61. The first-order valence-corrected chi connectivity index (χ1v) is 12.6. The quantitative estimate of drug-likeness (QED) is 0.358. The smallest absolute Gasteiger partial charge is 0.285 e. The van der Waals surface area contributed by atoms with Gasteiger partial charge in [-0.25, -0.2) is 0 Å². The van der Waals surface area contributed by atoms with Crippen molar-refractivity contribution in [2.45, 2.75) is 68.3 Å². The Labute approximate surface area is 227 Å². The molecule has 218 valence electrons. The minimum Gasteiger partial charge on any atom is -0.376 e. The molecule has 0 spiro atoms. The maximum atomic E-state index is 12.8. The summed E-state index contributed by atoms with van der Waals surface area (Å²) in [5.74, 6) is -1.13. The van der Waals surface area contributed by atoms with Crippen LogP contribution in [0.2, 0.25) is 0 Å². The van der Waals surface area contributed by atoms with Gasteiger partial charge < -0.3 is 42.6 Å². The first kappa shape index (κ1) is 29.9. The van der Waals surface area contributed by atoms with Crippen LogP contribution in [0.25, 0.3) is 0 Å². The molecule has 1 aromatic rings. The molecule has 2 amide bonds. The van der Waals surface area contributed by atoms with Gasteiger partial charge in [0.25, 0.3) is 11.8 Å². The summed E-state index contributed by atoms with van der Waals surface area (Å²) in [4.78, 5) is 31.4. The summed E-state index contributed by atoms with van der Waals surface area (Å²) >= 11 is 0. The normalized spacial score (nSPS) is 36.8. The van der Waals surface area contributed by atoms with E-state index in [1.165, 1.54) is 28.4 Å². The number of hydrogen-bond acceptors (Lipinski definition) is 12. The fourth-order valence-corrected chi connectivity index (χ4v) is 5.39. The number of methoxy groups -OCH3 is 6. The molecule has 2 saturated heterocycles. The van der Waals surface area contributed by atoms with Gasteiger partial charge in [0.05, 0.1) is 17.2 Å². The summed E-state index contributed by atoms with van der Waals surface area (Å²) < 4.78 is 52.7. The monoisotopic (exact) mass is 555 g/mol. The van der Waals surface area contributed by atoms with Gasteiger partial charge in [0.15, 0.2) is 12.6 Å². The molecule has 0 bridgehead atoms. The highest BCUT2D eigenvalue weighted by Crippen LogP contribution is 2.34. The highest BCUT2D eigenvalue weighted by Gasteiger charge is 2.53. The van der Waals surface area contributed by atoms with Gasteiger partial charge >= 0.3 is 0 Å². The highest BCUT2D eigenvalue weighted by atomic mass is 16.8. The van der Waals surface area contributed by atoms with Crippen molar-refractivity contribution in [2.24, 2.45) is 0 Å². The molecule has 0 radical (unpaired) electrons. The van der Waals surface area contributed by atoms with Crippen molar-refractivity contribution in [1.82, 2.24) is 5.06 Å². The number of benzene rings is 1. The van der Waals surface area contributed by atoms with E-state index in [9.17, 15) is 9.59 Å². The Morgan fingerprint density at radius 1 is 0.667 bits per heavy atom. The number of carbonyl (C=O) groups is 2. The van der Waals surface area contributed by atoms with E-state index in [0.29, 0.717) is 0 Å². The zero-order valence-corrected chi connectivity index (χ0v) is 23.1. The average Bonchev–Trinajstić information content (AvgIpc) is 3.20. The van der Waals surface area contributed by atoms with Crippen molar-refractivity contribution in [2.75, 3.05) is 49.3 Å². The maximum Gasteiger partial charge on any atom is 0.285 e. The molecule has 0 aromatic heterocycles. The molecule has 0 N–H and O–H groups in total. The van der Waals surface area contributed by atoms with Gasteiger partial charge in [-0.2, -0.15) is 0 Å². The number of rotatable bonds is 11. The van der Waals surface area contributed by atoms with Crippen LogP contribution in [0.3, 0.4) is 0 Å². The number of nitrogens with zero attached hydrogens (tertiary/aromatic N) is 1. The number of imide groups is 1. The van der Waals surface area contributed by atoms with Crippen molar-refractivity contribution in [1.29, 1.82) is 0 Å².